The van der Waals surface area contributed by atoms with Gasteiger partial charge in [-0.15, -0.1) is 0 Å². The number of anilines is 1. The highest BCUT2D eigenvalue weighted by molar-refractivity contribution is 6.20. The highest BCUT2D eigenvalue weighted by atomic mass is 16.2. The van der Waals surface area contributed by atoms with E-state index in [9.17, 15) is 24.0 Å². The van der Waals surface area contributed by atoms with Crippen molar-refractivity contribution in [3.63, 3.8) is 0 Å². The van der Waals surface area contributed by atoms with Gasteiger partial charge >= 0.3 is 0 Å². The molecule has 2 heterocycles. The molecule has 1 aromatic carbocycles. The number of hydrogen-bond donors (Lipinski definition) is 2. The van der Waals surface area contributed by atoms with Crippen LogP contribution in [0.2, 0.25) is 0 Å². The number of aldehydes is 1. The Kier molecular flexibility index (Phi) is 4.92. The molecule has 3 rings (SSSR count). The molecule has 1 atom stereocenters. The monoisotopic (exact) mass is 355 g/mol. The average molecular weight is 355 g/mol. The van der Waals surface area contributed by atoms with Gasteiger partial charge < -0.3 is 10.1 Å². The normalized spacial score (nSPS) is 20.1. The number of amides is 4. The Balaban J connectivity index is 1.72. The zero-order chi connectivity index (χ0) is 18.7. The van der Waals surface area contributed by atoms with E-state index in [-0.39, 0.29) is 18.5 Å². The fourth-order valence-electron chi connectivity index (χ4n) is 2.98. The van der Waals surface area contributed by atoms with Crippen molar-refractivity contribution in [1.29, 1.82) is 0 Å². The van der Waals surface area contributed by atoms with Crippen molar-refractivity contribution >= 4 is 35.6 Å². The lowest BCUT2D eigenvalue weighted by Gasteiger charge is -2.28. The van der Waals surface area contributed by atoms with Crippen LogP contribution in [0.15, 0.2) is 36.0 Å². The maximum Gasteiger partial charge on any atom is 0.278 e. The molecular formula is C18H17N3O5. The maximum atomic E-state index is 12.6. The summed E-state index contributed by atoms with van der Waals surface area (Å²) in [6, 6.07) is 6.18. The Labute approximate surface area is 149 Å². The number of carbonyl (C=O) groups excluding carboxylic acids is 5. The van der Waals surface area contributed by atoms with Gasteiger partial charge in [-0.3, -0.25) is 29.4 Å². The zero-order valence-electron chi connectivity index (χ0n) is 13.9. The van der Waals surface area contributed by atoms with Crippen molar-refractivity contribution < 1.29 is 24.0 Å². The lowest BCUT2D eigenvalue weighted by Crippen LogP contribution is -2.54. The van der Waals surface area contributed by atoms with Gasteiger partial charge in [0.25, 0.3) is 11.8 Å². The highest BCUT2D eigenvalue weighted by Crippen LogP contribution is 2.23. The summed E-state index contributed by atoms with van der Waals surface area (Å²) in [6.45, 7) is 0. The molecule has 0 saturated carbocycles. The van der Waals surface area contributed by atoms with Crippen LogP contribution in [-0.4, -0.2) is 40.9 Å². The molecule has 0 bridgehead atoms. The zero-order valence-corrected chi connectivity index (χ0v) is 13.9. The van der Waals surface area contributed by atoms with Gasteiger partial charge in [0, 0.05) is 24.6 Å². The lowest BCUT2D eigenvalue weighted by atomic mass is 10.0. The second-order valence-corrected chi connectivity index (χ2v) is 6.07. The minimum absolute atomic E-state index is 0.0623. The highest BCUT2D eigenvalue weighted by Gasteiger charge is 2.42. The van der Waals surface area contributed by atoms with Crippen molar-refractivity contribution in [1.82, 2.24) is 10.2 Å². The van der Waals surface area contributed by atoms with Crippen LogP contribution in [0.25, 0.3) is 0 Å². The number of aryl methyl sites for hydroxylation is 1. The van der Waals surface area contributed by atoms with Crippen molar-refractivity contribution in [2.75, 3.05) is 5.32 Å². The Morgan fingerprint density at radius 3 is 2.77 bits per heavy atom. The summed E-state index contributed by atoms with van der Waals surface area (Å²) < 4.78 is 0. The molecule has 4 amide bonds. The second-order valence-electron chi connectivity index (χ2n) is 6.07. The number of carbonyl (C=O) groups is 5. The summed E-state index contributed by atoms with van der Waals surface area (Å²) in [5, 5.41) is 5.04. The van der Waals surface area contributed by atoms with Crippen molar-refractivity contribution in [3.05, 3.63) is 41.6 Å². The molecule has 1 aromatic rings. The average Bonchev–Trinajstić information content (AvgIpc) is 2.88. The van der Waals surface area contributed by atoms with Crippen molar-refractivity contribution in [3.8, 4) is 0 Å². The van der Waals surface area contributed by atoms with E-state index in [0.29, 0.717) is 18.5 Å². The van der Waals surface area contributed by atoms with Gasteiger partial charge in [-0.1, -0.05) is 12.1 Å². The smallest absolute Gasteiger partial charge is 0.278 e. The molecule has 1 unspecified atom stereocenters. The van der Waals surface area contributed by atoms with E-state index in [0.717, 1.165) is 22.8 Å². The Hall–Kier alpha value is -3.29. The summed E-state index contributed by atoms with van der Waals surface area (Å²) in [5.41, 5.74) is 1.58. The fraction of sp³-hybridized carbons (Fsp3) is 0.278. The predicted octanol–water partition coefficient (Wildman–Crippen LogP) is 0.288. The molecule has 2 N–H and O–H groups in total. The molecule has 2 aliphatic heterocycles. The third kappa shape index (κ3) is 3.53. The molecule has 1 saturated heterocycles. The van der Waals surface area contributed by atoms with Crippen LogP contribution < -0.4 is 10.6 Å². The summed E-state index contributed by atoms with van der Waals surface area (Å²) in [6.07, 6.45) is 3.14. The summed E-state index contributed by atoms with van der Waals surface area (Å²) in [4.78, 5) is 59.3. The topological polar surface area (TPSA) is 113 Å². The third-order valence-electron chi connectivity index (χ3n) is 4.23. The van der Waals surface area contributed by atoms with Gasteiger partial charge in [-0.05, 0) is 30.5 Å². The molecular weight excluding hydrogens is 338 g/mol. The predicted molar refractivity (Wildman–Crippen MR) is 90.6 cm³/mol. The van der Waals surface area contributed by atoms with Gasteiger partial charge in [0.15, 0.2) is 0 Å². The molecule has 1 fully saturated rings. The SMILES string of the molecule is O=CCCc1cccc(NC2=CC(=O)N(C3CCC(=O)NC3=O)C2=O)c1. The summed E-state index contributed by atoms with van der Waals surface area (Å²) in [5.74, 6) is -2.26. The van der Waals surface area contributed by atoms with Crippen LogP contribution in [0.5, 0.6) is 0 Å². The molecule has 26 heavy (non-hydrogen) atoms. The van der Waals surface area contributed by atoms with Gasteiger partial charge in [-0.2, -0.15) is 0 Å². The van der Waals surface area contributed by atoms with E-state index in [4.69, 9.17) is 0 Å². The number of nitrogens with one attached hydrogen (secondary N) is 2. The number of hydrogen-bond acceptors (Lipinski definition) is 6. The number of piperidine rings is 1. The Bertz CT molecular complexity index is 830. The van der Waals surface area contributed by atoms with Crippen molar-refractivity contribution in [2.24, 2.45) is 0 Å². The third-order valence-corrected chi connectivity index (χ3v) is 4.23. The second kappa shape index (κ2) is 7.30. The molecule has 0 spiro atoms. The molecule has 8 nitrogen and oxygen atoms in total. The molecule has 0 radical (unpaired) electrons. The van der Waals surface area contributed by atoms with Crippen LogP contribution >= 0.6 is 0 Å². The standard InChI is InChI=1S/C18H17N3O5/c22-8-2-4-11-3-1-5-12(9-11)19-13-10-16(24)21(18(13)26)14-6-7-15(23)20-17(14)25/h1,3,5,8-10,14,19H,2,4,6-7H2,(H,20,23,25). The maximum absolute atomic E-state index is 12.6. The number of imide groups is 2. The van der Waals surface area contributed by atoms with Gasteiger partial charge in [0.05, 0.1) is 0 Å². The van der Waals surface area contributed by atoms with Crippen LogP contribution in [0.4, 0.5) is 5.69 Å². The summed E-state index contributed by atoms with van der Waals surface area (Å²) in [7, 11) is 0. The quantitative estimate of drug-likeness (QED) is 0.560. The largest absolute Gasteiger partial charge is 0.351 e. The van der Waals surface area contributed by atoms with E-state index in [1.165, 1.54) is 0 Å². The first kappa shape index (κ1) is 17.5. The first-order valence-electron chi connectivity index (χ1n) is 8.22. The Morgan fingerprint density at radius 1 is 1.23 bits per heavy atom. The number of rotatable bonds is 6. The lowest BCUT2D eigenvalue weighted by molar-refractivity contribution is -0.149. The molecule has 2 aliphatic rings. The fourth-order valence-corrected chi connectivity index (χ4v) is 2.98. The van der Waals surface area contributed by atoms with Gasteiger partial charge in [0.1, 0.15) is 18.0 Å². The van der Waals surface area contributed by atoms with E-state index in [2.05, 4.69) is 10.6 Å². The first-order valence-corrected chi connectivity index (χ1v) is 8.22. The van der Waals surface area contributed by atoms with Crippen LogP contribution in [0, 0.1) is 0 Å². The number of nitrogens with zero attached hydrogens (tertiary/aromatic N) is 1. The molecule has 134 valence electrons. The molecule has 0 aromatic heterocycles. The molecule has 8 heteroatoms. The molecule has 0 aliphatic carbocycles. The van der Waals surface area contributed by atoms with Gasteiger partial charge in [-0.25, -0.2) is 0 Å². The van der Waals surface area contributed by atoms with Crippen LogP contribution in [0.3, 0.4) is 0 Å². The van der Waals surface area contributed by atoms with E-state index < -0.39 is 29.7 Å². The Morgan fingerprint density at radius 2 is 2.04 bits per heavy atom. The van der Waals surface area contributed by atoms with Gasteiger partial charge in [0.2, 0.25) is 11.8 Å². The van der Waals surface area contributed by atoms with Crippen LogP contribution in [0.1, 0.15) is 24.8 Å². The van der Waals surface area contributed by atoms with E-state index in [1.807, 2.05) is 6.07 Å². The van der Waals surface area contributed by atoms with E-state index >= 15 is 0 Å². The number of benzene rings is 1. The van der Waals surface area contributed by atoms with Crippen LogP contribution in [-0.2, 0) is 30.4 Å². The van der Waals surface area contributed by atoms with Crippen molar-refractivity contribution in [2.45, 2.75) is 31.7 Å². The summed E-state index contributed by atoms with van der Waals surface area (Å²) >= 11 is 0. The van der Waals surface area contributed by atoms with E-state index in [1.54, 1.807) is 18.2 Å². The first-order chi connectivity index (χ1) is 12.5. The minimum atomic E-state index is -0.984. The minimum Gasteiger partial charge on any atom is -0.351 e.